The van der Waals surface area contributed by atoms with Gasteiger partial charge in [0.15, 0.2) is 0 Å². The predicted octanol–water partition coefficient (Wildman–Crippen LogP) is 1.67. The Morgan fingerprint density at radius 3 is 2.53 bits per heavy atom. The van der Waals surface area contributed by atoms with Crippen LogP contribution in [0.5, 0.6) is 0 Å². The quantitative estimate of drug-likeness (QED) is 0.772. The number of halogens is 3. The van der Waals surface area contributed by atoms with E-state index >= 15 is 0 Å². The van der Waals surface area contributed by atoms with E-state index in [1.807, 2.05) is 0 Å². The lowest BCUT2D eigenvalue weighted by atomic mass is 10.1. The molecule has 1 saturated carbocycles. The molecular formula is C10H17F3N2OS. The van der Waals surface area contributed by atoms with Crippen LogP contribution in [0.1, 0.15) is 26.2 Å². The molecule has 0 saturated heterocycles. The molecule has 1 aliphatic carbocycles. The number of rotatable bonds is 6. The fraction of sp³-hybridized carbons (Fsp3) is 0.900. The molecular weight excluding hydrogens is 253 g/mol. The molecule has 0 aromatic rings. The SMILES string of the molecule is CCC(N)C(SCC(=O)NC1CC1)C(F)(F)F. The van der Waals surface area contributed by atoms with Gasteiger partial charge in [0.05, 0.1) is 5.75 Å². The van der Waals surface area contributed by atoms with Crippen molar-refractivity contribution >= 4 is 17.7 Å². The van der Waals surface area contributed by atoms with Gasteiger partial charge in [-0.15, -0.1) is 11.8 Å². The molecule has 1 aliphatic rings. The van der Waals surface area contributed by atoms with Crippen molar-refractivity contribution in [3.8, 4) is 0 Å². The monoisotopic (exact) mass is 270 g/mol. The van der Waals surface area contributed by atoms with Crippen molar-refractivity contribution in [3.63, 3.8) is 0 Å². The second-order valence-electron chi connectivity index (χ2n) is 4.19. The maximum atomic E-state index is 12.7. The first-order valence-corrected chi connectivity index (χ1v) is 6.62. The van der Waals surface area contributed by atoms with E-state index in [4.69, 9.17) is 5.73 Å². The van der Waals surface area contributed by atoms with Crippen LogP contribution in [-0.2, 0) is 4.79 Å². The number of nitrogens with one attached hydrogen (secondary N) is 1. The Morgan fingerprint density at radius 1 is 1.53 bits per heavy atom. The lowest BCUT2D eigenvalue weighted by Crippen LogP contribution is -2.43. The maximum Gasteiger partial charge on any atom is 0.402 e. The van der Waals surface area contributed by atoms with Gasteiger partial charge in [-0.2, -0.15) is 13.2 Å². The van der Waals surface area contributed by atoms with Gasteiger partial charge in [-0.05, 0) is 19.3 Å². The van der Waals surface area contributed by atoms with Crippen molar-refractivity contribution in [2.45, 2.75) is 49.7 Å². The zero-order valence-electron chi connectivity index (χ0n) is 9.59. The second kappa shape index (κ2) is 5.95. The fourth-order valence-corrected chi connectivity index (χ4v) is 2.38. The summed E-state index contributed by atoms with van der Waals surface area (Å²) in [6.45, 7) is 1.61. The van der Waals surface area contributed by atoms with E-state index in [0.29, 0.717) is 11.8 Å². The summed E-state index contributed by atoms with van der Waals surface area (Å²) in [7, 11) is 0. The molecule has 1 rings (SSSR count). The van der Waals surface area contributed by atoms with Gasteiger partial charge in [-0.1, -0.05) is 6.92 Å². The molecule has 2 unspecified atom stereocenters. The lowest BCUT2D eigenvalue weighted by Gasteiger charge is -2.24. The van der Waals surface area contributed by atoms with Crippen LogP contribution in [-0.4, -0.2) is 35.2 Å². The van der Waals surface area contributed by atoms with Gasteiger partial charge in [0, 0.05) is 12.1 Å². The predicted molar refractivity (Wildman–Crippen MR) is 61.7 cm³/mol. The van der Waals surface area contributed by atoms with Gasteiger partial charge in [0.25, 0.3) is 0 Å². The molecule has 0 radical (unpaired) electrons. The van der Waals surface area contributed by atoms with Crippen LogP contribution in [0.3, 0.4) is 0 Å². The normalized spacial score (nSPS) is 19.8. The molecule has 0 spiro atoms. The standard InChI is InChI=1S/C10H17F3N2OS/c1-2-7(14)9(10(11,12)13)17-5-8(16)15-6-3-4-6/h6-7,9H,2-5,14H2,1H3,(H,15,16). The number of carbonyl (C=O) groups is 1. The van der Waals surface area contributed by atoms with E-state index in [0.717, 1.165) is 12.8 Å². The van der Waals surface area contributed by atoms with E-state index < -0.39 is 17.5 Å². The molecule has 0 aromatic carbocycles. The largest absolute Gasteiger partial charge is 0.402 e. The molecule has 7 heteroatoms. The van der Waals surface area contributed by atoms with Crippen LogP contribution in [0.25, 0.3) is 0 Å². The summed E-state index contributed by atoms with van der Waals surface area (Å²) >= 11 is 0.577. The molecule has 3 nitrogen and oxygen atoms in total. The van der Waals surface area contributed by atoms with Crippen molar-refractivity contribution < 1.29 is 18.0 Å². The molecule has 3 N–H and O–H groups in total. The number of nitrogens with two attached hydrogens (primary N) is 1. The molecule has 0 aliphatic heterocycles. The van der Waals surface area contributed by atoms with Gasteiger partial charge >= 0.3 is 6.18 Å². The Balaban J connectivity index is 2.39. The van der Waals surface area contributed by atoms with E-state index in [1.165, 1.54) is 0 Å². The number of carbonyl (C=O) groups excluding carboxylic acids is 1. The van der Waals surface area contributed by atoms with Crippen LogP contribution in [0.4, 0.5) is 13.2 Å². The van der Waals surface area contributed by atoms with Gasteiger partial charge in [-0.3, -0.25) is 4.79 Å². The first kappa shape index (κ1) is 14.6. The first-order valence-electron chi connectivity index (χ1n) is 5.57. The number of amides is 1. The Hall–Kier alpha value is -0.430. The molecule has 1 amide bonds. The van der Waals surface area contributed by atoms with Crippen molar-refractivity contribution in [2.75, 3.05) is 5.75 Å². The minimum Gasteiger partial charge on any atom is -0.353 e. The summed E-state index contributed by atoms with van der Waals surface area (Å²) in [6.07, 6.45) is -2.28. The Morgan fingerprint density at radius 2 is 2.12 bits per heavy atom. The maximum absolute atomic E-state index is 12.7. The second-order valence-corrected chi connectivity index (χ2v) is 5.32. The number of hydrogen-bond acceptors (Lipinski definition) is 3. The highest BCUT2D eigenvalue weighted by molar-refractivity contribution is 8.00. The number of thioether (sulfide) groups is 1. The van der Waals surface area contributed by atoms with Gasteiger partial charge in [0.2, 0.25) is 5.91 Å². The number of alkyl halides is 3. The van der Waals surface area contributed by atoms with E-state index in [2.05, 4.69) is 5.32 Å². The molecule has 0 heterocycles. The minimum absolute atomic E-state index is 0.173. The summed E-state index contributed by atoms with van der Waals surface area (Å²) in [4.78, 5) is 11.3. The lowest BCUT2D eigenvalue weighted by molar-refractivity contribution is -0.132. The summed E-state index contributed by atoms with van der Waals surface area (Å²) in [6, 6.07) is -0.791. The third kappa shape index (κ3) is 5.16. The molecule has 0 aromatic heterocycles. The average Bonchev–Trinajstić information content (AvgIpc) is 2.99. The molecule has 0 bridgehead atoms. The van der Waals surface area contributed by atoms with Gasteiger partial charge in [-0.25, -0.2) is 0 Å². The highest BCUT2D eigenvalue weighted by Gasteiger charge is 2.43. The Kier molecular flexibility index (Phi) is 5.12. The highest BCUT2D eigenvalue weighted by Crippen LogP contribution is 2.33. The summed E-state index contributed by atoms with van der Waals surface area (Å²) in [5.41, 5.74) is 5.43. The first-order chi connectivity index (χ1) is 7.84. The van der Waals surface area contributed by atoms with Gasteiger partial charge < -0.3 is 11.1 Å². The van der Waals surface area contributed by atoms with E-state index in [-0.39, 0.29) is 24.1 Å². The zero-order chi connectivity index (χ0) is 13.1. The summed E-state index contributed by atoms with van der Waals surface area (Å²) in [5.74, 6) is -0.524. The third-order valence-corrected chi connectivity index (χ3v) is 3.92. The topological polar surface area (TPSA) is 55.1 Å². The minimum atomic E-state index is -4.36. The zero-order valence-corrected chi connectivity index (χ0v) is 10.4. The fourth-order valence-electron chi connectivity index (χ4n) is 1.34. The molecule has 17 heavy (non-hydrogen) atoms. The van der Waals surface area contributed by atoms with E-state index in [9.17, 15) is 18.0 Å². The Labute approximate surface area is 103 Å². The van der Waals surface area contributed by atoms with Crippen molar-refractivity contribution in [2.24, 2.45) is 5.73 Å². The van der Waals surface area contributed by atoms with Crippen LogP contribution in [0, 0.1) is 0 Å². The highest BCUT2D eigenvalue weighted by atomic mass is 32.2. The van der Waals surface area contributed by atoms with Crippen LogP contribution in [0.2, 0.25) is 0 Å². The summed E-state index contributed by atoms with van der Waals surface area (Å²) in [5, 5.41) is 0.981. The van der Waals surface area contributed by atoms with Crippen molar-refractivity contribution in [1.29, 1.82) is 0 Å². The molecule has 1 fully saturated rings. The Bertz CT molecular complexity index is 269. The smallest absolute Gasteiger partial charge is 0.353 e. The van der Waals surface area contributed by atoms with Crippen molar-refractivity contribution in [3.05, 3.63) is 0 Å². The summed E-state index contributed by atoms with van der Waals surface area (Å²) < 4.78 is 38.0. The van der Waals surface area contributed by atoms with E-state index in [1.54, 1.807) is 6.92 Å². The van der Waals surface area contributed by atoms with Crippen LogP contribution in [0.15, 0.2) is 0 Å². The molecule has 100 valence electrons. The van der Waals surface area contributed by atoms with Gasteiger partial charge in [0.1, 0.15) is 5.25 Å². The van der Waals surface area contributed by atoms with Crippen LogP contribution >= 0.6 is 11.8 Å². The average molecular weight is 270 g/mol. The third-order valence-electron chi connectivity index (χ3n) is 2.52. The van der Waals surface area contributed by atoms with Crippen molar-refractivity contribution in [1.82, 2.24) is 5.32 Å². The molecule has 2 atom stereocenters. The van der Waals surface area contributed by atoms with Crippen LogP contribution < -0.4 is 11.1 Å². The number of hydrogen-bond donors (Lipinski definition) is 2.